The van der Waals surface area contributed by atoms with E-state index in [1.165, 1.54) is 36.9 Å². The molecule has 0 amide bonds. The van der Waals surface area contributed by atoms with E-state index in [9.17, 15) is 8.42 Å². The van der Waals surface area contributed by atoms with E-state index in [1.807, 2.05) is 4.90 Å². The zero-order valence-corrected chi connectivity index (χ0v) is 14.0. The van der Waals surface area contributed by atoms with Crippen LogP contribution >= 0.6 is 11.6 Å². The summed E-state index contributed by atoms with van der Waals surface area (Å²) in [5, 5.41) is 0.466. The lowest BCUT2D eigenvalue weighted by molar-refractivity contribution is 0.567. The van der Waals surface area contributed by atoms with Crippen LogP contribution in [0.5, 0.6) is 0 Å². The summed E-state index contributed by atoms with van der Waals surface area (Å²) in [6.45, 7) is 1.73. The first-order valence-corrected chi connectivity index (χ1v) is 9.23. The van der Waals surface area contributed by atoms with Gasteiger partial charge in [-0.1, -0.05) is 11.6 Å². The first-order chi connectivity index (χ1) is 11.0. The second-order valence-corrected chi connectivity index (χ2v) is 7.78. The summed E-state index contributed by atoms with van der Waals surface area (Å²) >= 11 is 5.80. The molecule has 0 saturated carbocycles. The number of hydrogen-bond acceptors (Lipinski definition) is 6. The third-order valence-corrected chi connectivity index (χ3v) is 5.86. The predicted octanol–water partition coefficient (Wildman–Crippen LogP) is 2.54. The zero-order chi connectivity index (χ0) is 16.4. The van der Waals surface area contributed by atoms with E-state index in [2.05, 4.69) is 9.97 Å². The number of hydrogen-bond donors (Lipinski definition) is 1. The second-order valence-electron chi connectivity index (χ2n) is 5.42. The SMILES string of the molecule is Nc1nc(N2CCCCC2)ncc1S(=O)(=O)c1ccc(Cl)cc1. The van der Waals surface area contributed by atoms with Crippen LogP contribution in [0.3, 0.4) is 0 Å². The Kier molecular flexibility index (Phi) is 4.41. The van der Waals surface area contributed by atoms with Crippen molar-refractivity contribution in [2.75, 3.05) is 23.7 Å². The second kappa shape index (κ2) is 6.33. The van der Waals surface area contributed by atoms with Gasteiger partial charge in [0.05, 0.1) is 11.1 Å². The van der Waals surface area contributed by atoms with Crippen LogP contribution in [0.4, 0.5) is 11.8 Å². The Hall–Kier alpha value is -1.86. The molecule has 0 radical (unpaired) electrons. The van der Waals surface area contributed by atoms with Gasteiger partial charge in [-0.25, -0.2) is 13.4 Å². The summed E-state index contributed by atoms with van der Waals surface area (Å²) in [5.41, 5.74) is 5.90. The first kappa shape index (κ1) is 16.0. The van der Waals surface area contributed by atoms with Crippen molar-refractivity contribution in [2.24, 2.45) is 0 Å². The number of benzene rings is 1. The quantitative estimate of drug-likeness (QED) is 0.913. The number of nitrogens with zero attached hydrogens (tertiary/aromatic N) is 3. The van der Waals surface area contributed by atoms with Gasteiger partial charge in [-0.15, -0.1) is 0 Å². The van der Waals surface area contributed by atoms with Crippen LogP contribution in [0.1, 0.15) is 19.3 Å². The van der Waals surface area contributed by atoms with Crippen LogP contribution in [0.25, 0.3) is 0 Å². The standard InChI is InChI=1S/C15H17ClN4O2S/c16-11-4-6-12(7-5-11)23(21,22)13-10-18-15(19-14(13)17)20-8-2-1-3-9-20/h4-7,10H,1-3,8-9H2,(H2,17,18,19). The molecule has 0 unspecified atom stereocenters. The van der Waals surface area contributed by atoms with Gasteiger partial charge in [0.15, 0.2) is 0 Å². The van der Waals surface area contributed by atoms with Gasteiger partial charge in [0.1, 0.15) is 10.7 Å². The van der Waals surface area contributed by atoms with Gasteiger partial charge in [-0.3, -0.25) is 0 Å². The molecule has 2 aromatic rings. The molecule has 2 N–H and O–H groups in total. The molecule has 122 valence electrons. The molecule has 0 atom stereocenters. The number of rotatable bonds is 3. The van der Waals surface area contributed by atoms with E-state index in [0.29, 0.717) is 11.0 Å². The van der Waals surface area contributed by atoms with E-state index in [1.54, 1.807) is 0 Å². The van der Waals surface area contributed by atoms with E-state index >= 15 is 0 Å². The average Bonchev–Trinajstić information content (AvgIpc) is 2.56. The Morgan fingerprint density at radius 1 is 1.09 bits per heavy atom. The van der Waals surface area contributed by atoms with Crippen molar-refractivity contribution in [2.45, 2.75) is 29.1 Å². The summed E-state index contributed by atoms with van der Waals surface area (Å²) in [7, 11) is -3.76. The number of halogens is 1. The summed E-state index contributed by atoms with van der Waals surface area (Å²) < 4.78 is 25.3. The summed E-state index contributed by atoms with van der Waals surface area (Å²) in [5.74, 6) is 0.452. The molecule has 0 spiro atoms. The van der Waals surface area contributed by atoms with Crippen LogP contribution in [0, 0.1) is 0 Å². The number of aromatic nitrogens is 2. The van der Waals surface area contributed by atoms with Crippen LogP contribution in [0.15, 0.2) is 40.3 Å². The normalized spacial score (nSPS) is 15.6. The van der Waals surface area contributed by atoms with Crippen molar-refractivity contribution in [3.63, 3.8) is 0 Å². The maximum Gasteiger partial charge on any atom is 0.227 e. The van der Waals surface area contributed by atoms with Crippen LogP contribution in [0.2, 0.25) is 5.02 Å². The first-order valence-electron chi connectivity index (χ1n) is 7.36. The number of anilines is 2. The van der Waals surface area contributed by atoms with E-state index in [0.717, 1.165) is 25.9 Å². The van der Waals surface area contributed by atoms with Crippen LogP contribution < -0.4 is 10.6 Å². The highest BCUT2D eigenvalue weighted by Crippen LogP contribution is 2.27. The number of piperidine rings is 1. The van der Waals surface area contributed by atoms with Crippen molar-refractivity contribution < 1.29 is 8.42 Å². The lowest BCUT2D eigenvalue weighted by Gasteiger charge is -2.26. The van der Waals surface area contributed by atoms with Crippen molar-refractivity contribution in [1.29, 1.82) is 0 Å². The molecule has 1 saturated heterocycles. The van der Waals surface area contributed by atoms with E-state index in [4.69, 9.17) is 17.3 Å². The average molecular weight is 353 g/mol. The van der Waals surface area contributed by atoms with Crippen LogP contribution in [-0.4, -0.2) is 31.5 Å². The summed E-state index contributed by atoms with van der Waals surface area (Å²) in [6.07, 6.45) is 4.63. The molecule has 1 aliphatic rings. The molecule has 8 heteroatoms. The van der Waals surface area contributed by atoms with Crippen molar-refractivity contribution >= 4 is 33.2 Å². The third kappa shape index (κ3) is 3.25. The maximum absolute atomic E-state index is 12.6. The van der Waals surface area contributed by atoms with Crippen molar-refractivity contribution in [3.8, 4) is 0 Å². The molecule has 1 aliphatic heterocycles. The van der Waals surface area contributed by atoms with Gasteiger partial charge in [0, 0.05) is 18.1 Å². The molecular formula is C15H17ClN4O2S. The fraction of sp³-hybridized carbons (Fsp3) is 0.333. The zero-order valence-electron chi connectivity index (χ0n) is 12.4. The fourth-order valence-corrected chi connectivity index (χ4v) is 3.95. The highest BCUT2D eigenvalue weighted by Gasteiger charge is 2.23. The van der Waals surface area contributed by atoms with E-state index < -0.39 is 9.84 Å². The van der Waals surface area contributed by atoms with Crippen molar-refractivity contribution in [3.05, 3.63) is 35.5 Å². The lowest BCUT2D eigenvalue weighted by Crippen LogP contribution is -2.31. The topological polar surface area (TPSA) is 89.2 Å². The van der Waals surface area contributed by atoms with Gasteiger partial charge in [-0.05, 0) is 43.5 Å². The molecule has 0 aliphatic carbocycles. The van der Waals surface area contributed by atoms with Crippen LogP contribution in [-0.2, 0) is 9.84 Å². The highest BCUT2D eigenvalue weighted by molar-refractivity contribution is 7.91. The molecule has 2 heterocycles. The van der Waals surface area contributed by atoms with Gasteiger partial charge in [-0.2, -0.15) is 4.98 Å². The maximum atomic E-state index is 12.6. The Morgan fingerprint density at radius 2 is 1.74 bits per heavy atom. The highest BCUT2D eigenvalue weighted by atomic mass is 35.5. The largest absolute Gasteiger partial charge is 0.382 e. The van der Waals surface area contributed by atoms with Gasteiger partial charge in [0.25, 0.3) is 0 Å². The monoisotopic (exact) mass is 352 g/mol. The Morgan fingerprint density at radius 3 is 2.35 bits per heavy atom. The van der Waals surface area contributed by atoms with Gasteiger partial charge in [0.2, 0.25) is 15.8 Å². The fourth-order valence-electron chi connectivity index (χ4n) is 2.57. The van der Waals surface area contributed by atoms with E-state index in [-0.39, 0.29) is 15.6 Å². The Labute approximate surface area is 140 Å². The molecule has 1 fully saturated rings. The third-order valence-electron chi connectivity index (χ3n) is 3.82. The minimum Gasteiger partial charge on any atom is -0.382 e. The van der Waals surface area contributed by atoms with Gasteiger partial charge < -0.3 is 10.6 Å². The van der Waals surface area contributed by atoms with Crippen molar-refractivity contribution in [1.82, 2.24) is 9.97 Å². The molecule has 1 aromatic carbocycles. The minimum atomic E-state index is -3.76. The molecule has 6 nitrogen and oxygen atoms in total. The smallest absolute Gasteiger partial charge is 0.227 e. The number of nitrogens with two attached hydrogens (primary N) is 1. The molecular weight excluding hydrogens is 336 g/mol. The minimum absolute atomic E-state index is 0.0319. The number of sulfone groups is 1. The number of nitrogen functional groups attached to an aromatic ring is 1. The lowest BCUT2D eigenvalue weighted by atomic mass is 10.1. The molecule has 0 bridgehead atoms. The molecule has 3 rings (SSSR count). The molecule has 1 aromatic heterocycles. The summed E-state index contributed by atoms with van der Waals surface area (Å²) in [4.78, 5) is 10.5. The Bertz CT molecular complexity index is 803. The Balaban J connectivity index is 1.95. The summed E-state index contributed by atoms with van der Waals surface area (Å²) in [6, 6.07) is 5.92. The predicted molar refractivity (Wildman–Crippen MR) is 89.4 cm³/mol. The molecule has 23 heavy (non-hydrogen) atoms. The van der Waals surface area contributed by atoms with Gasteiger partial charge >= 0.3 is 0 Å².